The van der Waals surface area contributed by atoms with E-state index in [1.54, 1.807) is 32.9 Å². The molecule has 2 N–H and O–H groups in total. The van der Waals surface area contributed by atoms with Gasteiger partial charge in [-0.05, 0) is 58.2 Å². The SMILES string of the molecule is CC(C)(C)OC(=O)Nc1ccc2nc(-c3ccccc3)c(CCCCC(=O)O)nc2c1. The molecule has 3 aromatic rings. The zero-order valence-corrected chi connectivity index (χ0v) is 18.0. The van der Waals surface area contributed by atoms with Gasteiger partial charge in [0.2, 0.25) is 0 Å². The van der Waals surface area contributed by atoms with Crippen LogP contribution in [0.5, 0.6) is 0 Å². The van der Waals surface area contributed by atoms with Crippen LogP contribution in [0, 0.1) is 0 Å². The second-order valence-electron chi connectivity index (χ2n) is 8.32. The summed E-state index contributed by atoms with van der Waals surface area (Å²) < 4.78 is 5.31. The Labute approximate surface area is 181 Å². The molecule has 0 radical (unpaired) electrons. The van der Waals surface area contributed by atoms with Gasteiger partial charge in [-0.15, -0.1) is 0 Å². The summed E-state index contributed by atoms with van der Waals surface area (Å²) in [5.74, 6) is -0.800. The summed E-state index contributed by atoms with van der Waals surface area (Å²) in [5, 5.41) is 11.6. The average molecular weight is 421 g/mol. The molecule has 0 aliphatic heterocycles. The standard InChI is InChI=1S/C24H27N3O4/c1-24(2,3)31-23(30)25-17-13-14-18-20(15-17)26-19(11-7-8-12-21(28)29)22(27-18)16-9-5-4-6-10-16/h4-6,9-10,13-15H,7-8,11-12H2,1-3H3,(H,25,30)(H,28,29). The predicted octanol–water partition coefficient (Wildman–Crippen LogP) is 5.44. The van der Waals surface area contributed by atoms with Gasteiger partial charge < -0.3 is 9.84 Å². The third-order valence-corrected chi connectivity index (χ3v) is 4.48. The van der Waals surface area contributed by atoms with Gasteiger partial charge in [0.1, 0.15) is 5.60 Å². The van der Waals surface area contributed by atoms with E-state index in [0.717, 1.165) is 17.0 Å². The number of rotatable bonds is 7. The van der Waals surface area contributed by atoms with Crippen LogP contribution in [0.1, 0.15) is 45.7 Å². The van der Waals surface area contributed by atoms with Gasteiger partial charge >= 0.3 is 12.1 Å². The number of nitrogens with one attached hydrogen (secondary N) is 1. The molecule has 1 heterocycles. The second kappa shape index (κ2) is 9.55. The number of aliphatic carboxylic acids is 1. The number of amides is 1. The molecule has 0 saturated heterocycles. The van der Waals surface area contributed by atoms with Gasteiger partial charge in [0.15, 0.2) is 0 Å². The number of anilines is 1. The molecular formula is C24H27N3O4. The molecule has 7 nitrogen and oxygen atoms in total. The van der Waals surface area contributed by atoms with Crippen LogP contribution >= 0.6 is 0 Å². The van der Waals surface area contributed by atoms with E-state index in [4.69, 9.17) is 19.8 Å². The number of carboxylic acids is 1. The lowest BCUT2D eigenvalue weighted by atomic mass is 10.0. The van der Waals surface area contributed by atoms with E-state index in [2.05, 4.69) is 5.32 Å². The van der Waals surface area contributed by atoms with Crippen LogP contribution in [-0.4, -0.2) is 32.7 Å². The lowest BCUT2D eigenvalue weighted by Crippen LogP contribution is -2.27. The highest BCUT2D eigenvalue weighted by Gasteiger charge is 2.17. The molecule has 0 unspecified atom stereocenters. The number of fused-ring (bicyclic) bond motifs is 1. The first-order valence-electron chi connectivity index (χ1n) is 10.3. The molecule has 7 heteroatoms. The number of unbranched alkanes of at least 4 members (excludes halogenated alkanes) is 1. The van der Waals surface area contributed by atoms with Gasteiger partial charge in [0, 0.05) is 17.7 Å². The van der Waals surface area contributed by atoms with E-state index in [9.17, 15) is 9.59 Å². The Kier molecular flexibility index (Phi) is 6.84. The number of ether oxygens (including phenoxy) is 1. The fourth-order valence-corrected chi connectivity index (χ4v) is 3.16. The number of hydrogen-bond donors (Lipinski definition) is 2. The Balaban J connectivity index is 1.90. The quantitative estimate of drug-likeness (QED) is 0.493. The van der Waals surface area contributed by atoms with Crippen LogP contribution in [0.2, 0.25) is 0 Å². The molecule has 3 rings (SSSR count). The maximum atomic E-state index is 12.1. The lowest BCUT2D eigenvalue weighted by molar-refractivity contribution is -0.137. The van der Waals surface area contributed by atoms with Gasteiger partial charge in [0.25, 0.3) is 0 Å². The summed E-state index contributed by atoms with van der Waals surface area (Å²) in [6.45, 7) is 5.42. The topological polar surface area (TPSA) is 101 Å². The molecule has 0 saturated carbocycles. The molecule has 0 aliphatic rings. The minimum absolute atomic E-state index is 0.131. The summed E-state index contributed by atoms with van der Waals surface area (Å²) in [6, 6.07) is 15.1. The van der Waals surface area contributed by atoms with E-state index >= 15 is 0 Å². The number of carbonyl (C=O) groups excluding carboxylic acids is 1. The third-order valence-electron chi connectivity index (χ3n) is 4.48. The number of aromatic nitrogens is 2. The highest BCUT2D eigenvalue weighted by Crippen LogP contribution is 2.26. The van der Waals surface area contributed by atoms with Crippen LogP contribution in [-0.2, 0) is 16.0 Å². The minimum Gasteiger partial charge on any atom is -0.481 e. The van der Waals surface area contributed by atoms with Crippen molar-refractivity contribution in [1.82, 2.24) is 9.97 Å². The molecule has 0 aliphatic carbocycles. The summed E-state index contributed by atoms with van der Waals surface area (Å²) in [4.78, 5) is 32.5. The Hall–Kier alpha value is -3.48. The van der Waals surface area contributed by atoms with Gasteiger partial charge in [-0.3, -0.25) is 10.1 Å². The second-order valence-corrected chi connectivity index (χ2v) is 8.32. The van der Waals surface area contributed by atoms with Crippen molar-refractivity contribution in [2.45, 2.75) is 52.1 Å². The molecule has 1 amide bonds. The van der Waals surface area contributed by atoms with Crippen molar-refractivity contribution in [2.24, 2.45) is 0 Å². The molecule has 162 valence electrons. The smallest absolute Gasteiger partial charge is 0.412 e. The molecule has 0 fully saturated rings. The maximum Gasteiger partial charge on any atom is 0.412 e. The molecule has 1 aromatic heterocycles. The van der Waals surface area contributed by atoms with Gasteiger partial charge in [-0.25, -0.2) is 14.8 Å². The van der Waals surface area contributed by atoms with Crippen LogP contribution in [0.3, 0.4) is 0 Å². The normalized spacial score (nSPS) is 11.3. The molecule has 2 aromatic carbocycles. The highest BCUT2D eigenvalue weighted by atomic mass is 16.6. The fourth-order valence-electron chi connectivity index (χ4n) is 3.16. The highest BCUT2D eigenvalue weighted by molar-refractivity contribution is 5.89. The van der Waals surface area contributed by atoms with Crippen LogP contribution in [0.4, 0.5) is 10.5 Å². The van der Waals surface area contributed by atoms with Gasteiger partial charge in [-0.1, -0.05) is 30.3 Å². The predicted molar refractivity (Wildman–Crippen MR) is 120 cm³/mol. The van der Waals surface area contributed by atoms with E-state index < -0.39 is 17.7 Å². The molecule has 0 atom stereocenters. The Bertz CT molecular complexity index is 1080. The van der Waals surface area contributed by atoms with Gasteiger partial charge in [0.05, 0.1) is 22.4 Å². The van der Waals surface area contributed by atoms with Crippen molar-refractivity contribution >= 4 is 28.8 Å². The molecular weight excluding hydrogens is 394 g/mol. The van der Waals surface area contributed by atoms with Crippen molar-refractivity contribution in [3.8, 4) is 11.3 Å². The first kappa shape index (κ1) is 22.2. The summed E-state index contributed by atoms with van der Waals surface area (Å²) in [6.07, 6.45) is 1.48. The van der Waals surface area contributed by atoms with Crippen LogP contribution < -0.4 is 5.32 Å². The maximum absolute atomic E-state index is 12.1. The zero-order chi connectivity index (χ0) is 22.4. The Morgan fingerprint density at radius 1 is 1.00 bits per heavy atom. The number of carbonyl (C=O) groups is 2. The van der Waals surface area contributed by atoms with E-state index in [0.29, 0.717) is 36.0 Å². The number of carboxylic acid groups (broad SMARTS) is 1. The van der Waals surface area contributed by atoms with E-state index in [1.807, 2.05) is 36.4 Å². The number of benzene rings is 2. The monoisotopic (exact) mass is 421 g/mol. The minimum atomic E-state index is -0.800. The van der Waals surface area contributed by atoms with Crippen LogP contribution in [0.25, 0.3) is 22.3 Å². The zero-order valence-electron chi connectivity index (χ0n) is 18.0. The number of nitrogens with zero attached hydrogens (tertiary/aromatic N) is 2. The van der Waals surface area contributed by atoms with Crippen molar-refractivity contribution < 1.29 is 19.4 Å². The Morgan fingerprint density at radius 3 is 2.42 bits per heavy atom. The number of hydrogen-bond acceptors (Lipinski definition) is 5. The largest absolute Gasteiger partial charge is 0.481 e. The lowest BCUT2D eigenvalue weighted by Gasteiger charge is -2.19. The van der Waals surface area contributed by atoms with E-state index in [1.165, 1.54) is 0 Å². The third kappa shape index (κ3) is 6.50. The molecule has 0 spiro atoms. The number of aryl methyl sites for hydroxylation is 1. The summed E-state index contributed by atoms with van der Waals surface area (Å²) >= 11 is 0. The summed E-state index contributed by atoms with van der Waals surface area (Å²) in [7, 11) is 0. The van der Waals surface area contributed by atoms with Crippen molar-refractivity contribution in [2.75, 3.05) is 5.32 Å². The molecule has 0 bridgehead atoms. The van der Waals surface area contributed by atoms with Crippen molar-refractivity contribution in [1.29, 1.82) is 0 Å². The first-order valence-corrected chi connectivity index (χ1v) is 10.3. The first-order chi connectivity index (χ1) is 14.7. The summed E-state index contributed by atoms with van der Waals surface area (Å²) in [5.41, 5.74) is 3.90. The average Bonchev–Trinajstić information content (AvgIpc) is 2.69. The van der Waals surface area contributed by atoms with E-state index in [-0.39, 0.29) is 6.42 Å². The Morgan fingerprint density at radius 2 is 1.74 bits per heavy atom. The molecule has 31 heavy (non-hydrogen) atoms. The van der Waals surface area contributed by atoms with Crippen LogP contribution in [0.15, 0.2) is 48.5 Å². The van der Waals surface area contributed by atoms with Gasteiger partial charge in [-0.2, -0.15) is 0 Å². The van der Waals surface area contributed by atoms with Crippen molar-refractivity contribution in [3.63, 3.8) is 0 Å². The van der Waals surface area contributed by atoms with Crippen molar-refractivity contribution in [3.05, 3.63) is 54.2 Å². The fraction of sp³-hybridized carbons (Fsp3) is 0.333.